The zero-order valence-corrected chi connectivity index (χ0v) is 14.8. The molecule has 0 spiro atoms. The van der Waals surface area contributed by atoms with Gasteiger partial charge in [0.1, 0.15) is 5.75 Å². The molecular weight excluding hydrogens is 346 g/mol. The van der Waals surface area contributed by atoms with Crippen LogP contribution in [0.1, 0.15) is 12.8 Å². The molecule has 0 aromatic heterocycles. The largest absolute Gasteiger partial charge is 0.493 e. The van der Waals surface area contributed by atoms with E-state index in [1.165, 1.54) is 0 Å². The van der Waals surface area contributed by atoms with Gasteiger partial charge in [-0.3, -0.25) is 0 Å². The maximum absolute atomic E-state index is 12.6. The molecule has 2 aromatic rings. The quantitative estimate of drug-likeness (QED) is 0.809. The molecule has 0 saturated carbocycles. The predicted octanol–water partition coefficient (Wildman–Crippen LogP) is 3.82. The van der Waals surface area contributed by atoms with E-state index in [-0.39, 0.29) is 0 Å². The molecule has 0 unspecified atom stereocenters. The Hall–Kier alpha value is -1.56. The first-order valence-corrected chi connectivity index (χ1v) is 9.81. The number of benzene rings is 2. The van der Waals surface area contributed by atoms with Gasteiger partial charge < -0.3 is 4.74 Å². The molecule has 0 bridgehead atoms. The SMILES string of the molecule is O=S(=O)(c1ccc(Cl)cc1)N1CCC(COc2ccccc2)CC1. The molecule has 0 radical (unpaired) electrons. The van der Waals surface area contributed by atoms with Gasteiger partial charge in [-0.05, 0) is 55.2 Å². The summed E-state index contributed by atoms with van der Waals surface area (Å²) in [5, 5.41) is 0.533. The van der Waals surface area contributed by atoms with Crippen molar-refractivity contribution in [2.75, 3.05) is 19.7 Å². The molecular formula is C18H20ClNO3S. The number of hydrogen-bond donors (Lipinski definition) is 0. The van der Waals surface area contributed by atoms with Crippen LogP contribution in [0.2, 0.25) is 5.02 Å². The number of piperidine rings is 1. The Labute approximate surface area is 148 Å². The van der Waals surface area contributed by atoms with Crippen molar-refractivity contribution in [1.82, 2.24) is 4.31 Å². The Morgan fingerprint density at radius 3 is 2.25 bits per heavy atom. The van der Waals surface area contributed by atoms with Gasteiger partial charge in [0.25, 0.3) is 0 Å². The first kappa shape index (κ1) is 17.3. The van der Waals surface area contributed by atoms with E-state index in [0.717, 1.165) is 18.6 Å². The van der Waals surface area contributed by atoms with Crippen LogP contribution in [0.5, 0.6) is 5.75 Å². The summed E-state index contributed by atoms with van der Waals surface area (Å²) in [6.45, 7) is 1.67. The highest BCUT2D eigenvalue weighted by atomic mass is 35.5. The fourth-order valence-corrected chi connectivity index (χ4v) is 4.40. The molecule has 0 amide bonds. The third kappa shape index (κ3) is 4.09. The Kier molecular flexibility index (Phi) is 5.43. The van der Waals surface area contributed by atoms with E-state index in [4.69, 9.17) is 16.3 Å². The first-order chi connectivity index (χ1) is 11.6. The van der Waals surface area contributed by atoms with Gasteiger partial charge in [-0.2, -0.15) is 4.31 Å². The van der Waals surface area contributed by atoms with Crippen LogP contribution in [0.3, 0.4) is 0 Å². The average Bonchev–Trinajstić information content (AvgIpc) is 2.61. The number of rotatable bonds is 5. The van der Waals surface area contributed by atoms with Gasteiger partial charge in [0.05, 0.1) is 11.5 Å². The molecule has 0 N–H and O–H groups in total. The van der Waals surface area contributed by atoms with Gasteiger partial charge in [-0.15, -0.1) is 0 Å². The highest BCUT2D eigenvalue weighted by Gasteiger charge is 2.29. The van der Waals surface area contributed by atoms with Gasteiger partial charge in [-0.25, -0.2) is 8.42 Å². The molecule has 2 aromatic carbocycles. The van der Waals surface area contributed by atoms with E-state index in [0.29, 0.717) is 35.5 Å². The maximum atomic E-state index is 12.6. The average molecular weight is 366 g/mol. The summed E-state index contributed by atoms with van der Waals surface area (Å²) in [4.78, 5) is 0.297. The minimum atomic E-state index is -3.44. The van der Waals surface area contributed by atoms with Crippen LogP contribution < -0.4 is 4.74 Å². The van der Waals surface area contributed by atoms with E-state index in [1.54, 1.807) is 28.6 Å². The highest BCUT2D eigenvalue weighted by Crippen LogP contribution is 2.25. The molecule has 24 heavy (non-hydrogen) atoms. The molecule has 128 valence electrons. The normalized spacial score (nSPS) is 16.9. The van der Waals surface area contributed by atoms with E-state index < -0.39 is 10.0 Å². The summed E-state index contributed by atoms with van der Waals surface area (Å²) >= 11 is 5.83. The second-order valence-corrected chi connectivity index (χ2v) is 8.30. The van der Waals surface area contributed by atoms with E-state index in [1.807, 2.05) is 30.3 Å². The summed E-state index contributed by atoms with van der Waals surface area (Å²) in [6.07, 6.45) is 1.61. The molecule has 4 nitrogen and oxygen atoms in total. The van der Waals surface area contributed by atoms with E-state index in [9.17, 15) is 8.42 Å². The summed E-state index contributed by atoms with van der Waals surface area (Å²) in [7, 11) is -3.44. The fraction of sp³-hybridized carbons (Fsp3) is 0.333. The van der Waals surface area contributed by atoms with Crippen LogP contribution in [-0.2, 0) is 10.0 Å². The summed E-state index contributed by atoms with van der Waals surface area (Å²) < 4.78 is 32.6. The second-order valence-electron chi connectivity index (χ2n) is 5.93. The Balaban J connectivity index is 1.55. The topological polar surface area (TPSA) is 46.6 Å². The number of ether oxygens (including phenoxy) is 1. The lowest BCUT2D eigenvalue weighted by atomic mass is 9.99. The maximum Gasteiger partial charge on any atom is 0.243 e. The predicted molar refractivity (Wildman–Crippen MR) is 94.9 cm³/mol. The smallest absolute Gasteiger partial charge is 0.243 e. The molecule has 3 rings (SSSR count). The number of nitrogens with zero attached hydrogens (tertiary/aromatic N) is 1. The van der Waals surface area contributed by atoms with Crippen molar-refractivity contribution in [3.63, 3.8) is 0 Å². The monoisotopic (exact) mass is 365 g/mol. The van der Waals surface area contributed by atoms with Gasteiger partial charge in [-0.1, -0.05) is 29.8 Å². The zero-order chi connectivity index (χ0) is 17.0. The third-order valence-electron chi connectivity index (χ3n) is 4.25. The van der Waals surface area contributed by atoms with Crippen LogP contribution in [-0.4, -0.2) is 32.4 Å². The summed E-state index contributed by atoms with van der Waals surface area (Å²) in [5.41, 5.74) is 0. The summed E-state index contributed by atoms with van der Waals surface area (Å²) in [6, 6.07) is 16.0. The standard InChI is InChI=1S/C18H20ClNO3S/c19-16-6-8-18(9-7-16)24(21,22)20-12-10-15(11-13-20)14-23-17-4-2-1-3-5-17/h1-9,15H,10-14H2. The van der Waals surface area contributed by atoms with Gasteiger partial charge >= 0.3 is 0 Å². The minimum Gasteiger partial charge on any atom is -0.493 e. The van der Waals surface area contributed by atoms with Crippen molar-refractivity contribution in [2.24, 2.45) is 5.92 Å². The molecule has 0 atom stereocenters. The van der Waals surface area contributed by atoms with Crippen molar-refractivity contribution in [3.8, 4) is 5.75 Å². The van der Waals surface area contributed by atoms with Crippen molar-refractivity contribution >= 4 is 21.6 Å². The minimum absolute atomic E-state index is 0.297. The molecule has 0 aliphatic carbocycles. The fourth-order valence-electron chi connectivity index (χ4n) is 2.80. The van der Waals surface area contributed by atoms with Crippen LogP contribution >= 0.6 is 11.6 Å². The lowest BCUT2D eigenvalue weighted by Crippen LogP contribution is -2.39. The van der Waals surface area contributed by atoms with Gasteiger partial charge in [0, 0.05) is 18.1 Å². The van der Waals surface area contributed by atoms with Crippen molar-refractivity contribution in [1.29, 1.82) is 0 Å². The molecule has 1 saturated heterocycles. The lowest BCUT2D eigenvalue weighted by molar-refractivity contribution is 0.185. The van der Waals surface area contributed by atoms with Crippen LogP contribution in [0.15, 0.2) is 59.5 Å². The Morgan fingerprint density at radius 2 is 1.62 bits per heavy atom. The van der Waals surface area contributed by atoms with Crippen molar-refractivity contribution < 1.29 is 13.2 Å². The molecule has 1 fully saturated rings. The van der Waals surface area contributed by atoms with Crippen LogP contribution in [0, 0.1) is 5.92 Å². The van der Waals surface area contributed by atoms with E-state index >= 15 is 0 Å². The Morgan fingerprint density at radius 1 is 1.00 bits per heavy atom. The van der Waals surface area contributed by atoms with Crippen molar-refractivity contribution in [2.45, 2.75) is 17.7 Å². The van der Waals surface area contributed by atoms with E-state index in [2.05, 4.69) is 0 Å². The van der Waals surface area contributed by atoms with Crippen LogP contribution in [0.25, 0.3) is 0 Å². The molecule has 1 heterocycles. The molecule has 6 heteroatoms. The number of hydrogen-bond acceptors (Lipinski definition) is 3. The first-order valence-electron chi connectivity index (χ1n) is 7.99. The zero-order valence-electron chi connectivity index (χ0n) is 13.3. The van der Waals surface area contributed by atoms with Gasteiger partial charge in [0.15, 0.2) is 0 Å². The van der Waals surface area contributed by atoms with Gasteiger partial charge in [0.2, 0.25) is 10.0 Å². The highest BCUT2D eigenvalue weighted by molar-refractivity contribution is 7.89. The molecule has 1 aliphatic heterocycles. The number of para-hydroxylation sites is 1. The van der Waals surface area contributed by atoms with Crippen molar-refractivity contribution in [3.05, 3.63) is 59.6 Å². The molecule has 1 aliphatic rings. The third-order valence-corrected chi connectivity index (χ3v) is 6.42. The van der Waals surface area contributed by atoms with Crippen LogP contribution in [0.4, 0.5) is 0 Å². The second kappa shape index (κ2) is 7.55. The number of halogens is 1. The Bertz CT molecular complexity index is 755. The summed E-state index contributed by atoms with van der Waals surface area (Å²) in [5.74, 6) is 1.23. The lowest BCUT2D eigenvalue weighted by Gasteiger charge is -2.31. The number of sulfonamides is 1.